The first-order valence-corrected chi connectivity index (χ1v) is 7.33. The maximum atomic E-state index is 12.5. The highest BCUT2D eigenvalue weighted by Crippen LogP contribution is 2.30. The van der Waals surface area contributed by atoms with E-state index < -0.39 is 17.7 Å². The Morgan fingerprint density at radius 2 is 1.88 bits per heavy atom. The van der Waals surface area contributed by atoms with Crippen LogP contribution in [0.2, 0.25) is 0 Å². The quantitative estimate of drug-likeness (QED) is 0.812. The van der Waals surface area contributed by atoms with Crippen molar-refractivity contribution >= 4 is 5.78 Å². The SMILES string of the molecule is C[C@@H](CC(=O)[C@@H](C#N)c1ccc(C(F)(F)F)cn1)c1ccccc1. The number of nitrogens with zero attached hydrogens (tertiary/aromatic N) is 2. The number of nitriles is 1. The van der Waals surface area contributed by atoms with Crippen LogP contribution in [-0.4, -0.2) is 10.8 Å². The third-order valence-corrected chi connectivity index (χ3v) is 3.74. The molecular formula is C18H15F3N2O. The van der Waals surface area contributed by atoms with Crippen LogP contribution in [0.5, 0.6) is 0 Å². The maximum Gasteiger partial charge on any atom is 0.417 e. The fourth-order valence-corrected chi connectivity index (χ4v) is 2.37. The number of pyridine rings is 1. The summed E-state index contributed by atoms with van der Waals surface area (Å²) in [5.74, 6) is -1.62. The van der Waals surface area contributed by atoms with Crippen molar-refractivity contribution in [3.05, 3.63) is 65.5 Å². The number of carbonyl (C=O) groups is 1. The number of hydrogen-bond acceptors (Lipinski definition) is 3. The van der Waals surface area contributed by atoms with Crippen LogP contribution in [-0.2, 0) is 11.0 Å². The molecule has 1 aromatic heterocycles. The van der Waals surface area contributed by atoms with Crippen LogP contribution in [0.25, 0.3) is 0 Å². The zero-order chi connectivity index (χ0) is 17.7. The Bertz CT molecular complexity index is 734. The zero-order valence-corrected chi connectivity index (χ0v) is 12.9. The number of rotatable bonds is 5. The minimum Gasteiger partial charge on any atom is -0.298 e. The average molecular weight is 332 g/mol. The third kappa shape index (κ3) is 4.19. The van der Waals surface area contributed by atoms with Crippen molar-refractivity contribution < 1.29 is 18.0 Å². The van der Waals surface area contributed by atoms with Crippen LogP contribution in [0.15, 0.2) is 48.7 Å². The second kappa shape index (κ2) is 7.26. The fraction of sp³-hybridized carbons (Fsp3) is 0.278. The molecule has 0 bridgehead atoms. The van der Waals surface area contributed by atoms with Crippen LogP contribution in [0, 0.1) is 11.3 Å². The largest absolute Gasteiger partial charge is 0.417 e. The van der Waals surface area contributed by atoms with Crippen molar-refractivity contribution in [3.8, 4) is 6.07 Å². The maximum absolute atomic E-state index is 12.5. The van der Waals surface area contributed by atoms with Crippen molar-refractivity contribution in [1.29, 1.82) is 5.26 Å². The van der Waals surface area contributed by atoms with Crippen LogP contribution >= 0.6 is 0 Å². The zero-order valence-electron chi connectivity index (χ0n) is 12.9. The van der Waals surface area contributed by atoms with Gasteiger partial charge in [-0.2, -0.15) is 18.4 Å². The highest BCUT2D eigenvalue weighted by atomic mass is 19.4. The predicted molar refractivity (Wildman–Crippen MR) is 82.1 cm³/mol. The highest BCUT2D eigenvalue weighted by Gasteiger charge is 2.31. The molecule has 0 fully saturated rings. The second-order valence-corrected chi connectivity index (χ2v) is 5.51. The summed E-state index contributed by atoms with van der Waals surface area (Å²) in [6.45, 7) is 1.86. The van der Waals surface area contributed by atoms with Gasteiger partial charge in [0, 0.05) is 12.6 Å². The van der Waals surface area contributed by atoms with Crippen LogP contribution in [0.4, 0.5) is 13.2 Å². The van der Waals surface area contributed by atoms with Gasteiger partial charge < -0.3 is 0 Å². The van der Waals surface area contributed by atoms with Gasteiger partial charge in [0.25, 0.3) is 0 Å². The summed E-state index contributed by atoms with van der Waals surface area (Å²) in [4.78, 5) is 16.0. The number of Topliss-reactive ketones (excluding diaryl/α,β-unsaturated/α-hetero) is 1. The summed E-state index contributed by atoms with van der Waals surface area (Å²) in [5.41, 5.74) is 0.0896. The van der Waals surface area contributed by atoms with Crippen LogP contribution < -0.4 is 0 Å². The minimum atomic E-state index is -4.50. The van der Waals surface area contributed by atoms with E-state index in [4.69, 9.17) is 0 Å². The normalized spacial score (nSPS) is 13.8. The summed E-state index contributed by atoms with van der Waals surface area (Å²) in [6, 6.07) is 13.1. The number of halogens is 3. The molecule has 0 aliphatic carbocycles. The molecule has 0 saturated carbocycles. The Labute approximate surface area is 137 Å². The van der Waals surface area contributed by atoms with Gasteiger partial charge in [0.05, 0.1) is 17.3 Å². The van der Waals surface area contributed by atoms with Crippen molar-refractivity contribution in [3.63, 3.8) is 0 Å². The Morgan fingerprint density at radius 3 is 2.38 bits per heavy atom. The van der Waals surface area contributed by atoms with Crippen molar-refractivity contribution in [2.45, 2.75) is 31.4 Å². The molecule has 0 aliphatic heterocycles. The Kier molecular flexibility index (Phi) is 5.35. The molecule has 1 aromatic carbocycles. The summed E-state index contributed by atoms with van der Waals surface area (Å²) >= 11 is 0. The molecule has 0 radical (unpaired) electrons. The lowest BCUT2D eigenvalue weighted by Crippen LogP contribution is -2.15. The number of ketones is 1. The van der Waals surface area contributed by atoms with Gasteiger partial charge in [-0.1, -0.05) is 37.3 Å². The molecule has 2 atom stereocenters. The van der Waals surface area contributed by atoms with Gasteiger partial charge in [-0.15, -0.1) is 0 Å². The standard InChI is InChI=1S/C18H15F3N2O/c1-12(13-5-3-2-4-6-13)9-17(24)15(10-22)16-8-7-14(11-23-16)18(19,20)21/h2-8,11-12,15H,9H2,1H3/t12-,15-/m0/s1. The van der Waals surface area contributed by atoms with E-state index in [0.29, 0.717) is 6.20 Å². The second-order valence-electron chi connectivity index (χ2n) is 5.51. The van der Waals surface area contributed by atoms with Gasteiger partial charge in [0.2, 0.25) is 0 Å². The molecule has 0 amide bonds. The van der Waals surface area contributed by atoms with E-state index in [0.717, 1.165) is 17.7 Å². The highest BCUT2D eigenvalue weighted by molar-refractivity contribution is 5.88. The molecule has 0 N–H and O–H groups in total. The predicted octanol–water partition coefficient (Wildman–Crippen LogP) is 4.47. The number of hydrogen-bond donors (Lipinski definition) is 0. The summed E-state index contributed by atoms with van der Waals surface area (Å²) in [6.07, 6.45) is -3.74. The smallest absolute Gasteiger partial charge is 0.298 e. The lowest BCUT2D eigenvalue weighted by Gasteiger charge is -2.14. The summed E-state index contributed by atoms with van der Waals surface area (Å²) in [7, 11) is 0. The Hall–Kier alpha value is -2.68. The molecule has 6 heteroatoms. The monoisotopic (exact) mass is 332 g/mol. The molecule has 124 valence electrons. The van der Waals surface area contributed by atoms with Crippen molar-refractivity contribution in [1.82, 2.24) is 4.98 Å². The molecule has 1 heterocycles. The third-order valence-electron chi connectivity index (χ3n) is 3.74. The molecule has 0 aliphatic rings. The number of aromatic nitrogens is 1. The lowest BCUT2D eigenvalue weighted by molar-refractivity contribution is -0.137. The van der Waals surface area contributed by atoms with E-state index in [1.54, 1.807) is 0 Å². The van der Waals surface area contributed by atoms with Crippen molar-refractivity contribution in [2.75, 3.05) is 0 Å². The molecule has 2 aromatic rings. The first kappa shape index (κ1) is 17.7. The average Bonchev–Trinajstić information content (AvgIpc) is 2.56. The van der Waals surface area contributed by atoms with E-state index in [9.17, 15) is 23.2 Å². The van der Waals surface area contributed by atoms with Crippen LogP contribution in [0.1, 0.15) is 42.0 Å². The molecule has 2 rings (SSSR count). The molecule has 3 nitrogen and oxygen atoms in total. The van der Waals surface area contributed by atoms with Gasteiger partial charge in [0.15, 0.2) is 5.78 Å². The molecule has 0 spiro atoms. The number of alkyl halides is 3. The fourth-order valence-electron chi connectivity index (χ4n) is 2.37. The summed E-state index contributed by atoms with van der Waals surface area (Å²) in [5, 5.41) is 9.23. The lowest BCUT2D eigenvalue weighted by atomic mass is 9.89. The number of carbonyl (C=O) groups excluding carboxylic acids is 1. The van der Waals surface area contributed by atoms with Gasteiger partial charge in [-0.25, -0.2) is 0 Å². The topological polar surface area (TPSA) is 53.8 Å². The van der Waals surface area contributed by atoms with E-state index in [-0.39, 0.29) is 23.8 Å². The van der Waals surface area contributed by atoms with Crippen molar-refractivity contribution in [2.24, 2.45) is 0 Å². The molecule has 0 unspecified atom stereocenters. The molecule has 24 heavy (non-hydrogen) atoms. The Balaban J connectivity index is 2.13. The van der Waals surface area contributed by atoms with Gasteiger partial charge >= 0.3 is 6.18 Å². The van der Waals surface area contributed by atoms with E-state index in [2.05, 4.69) is 4.98 Å². The van der Waals surface area contributed by atoms with Crippen LogP contribution in [0.3, 0.4) is 0 Å². The number of benzene rings is 1. The minimum absolute atomic E-state index is 0.0377. The summed E-state index contributed by atoms with van der Waals surface area (Å²) < 4.78 is 37.6. The Morgan fingerprint density at radius 1 is 1.21 bits per heavy atom. The van der Waals surface area contributed by atoms with Gasteiger partial charge in [-0.3, -0.25) is 9.78 Å². The van der Waals surface area contributed by atoms with E-state index in [1.807, 2.05) is 43.3 Å². The van der Waals surface area contributed by atoms with E-state index in [1.165, 1.54) is 0 Å². The first-order valence-electron chi connectivity index (χ1n) is 7.33. The van der Waals surface area contributed by atoms with Gasteiger partial charge in [0.1, 0.15) is 5.92 Å². The van der Waals surface area contributed by atoms with E-state index >= 15 is 0 Å². The molecular weight excluding hydrogens is 317 g/mol. The van der Waals surface area contributed by atoms with Gasteiger partial charge in [-0.05, 0) is 23.6 Å². The first-order chi connectivity index (χ1) is 11.3. The molecule has 0 saturated heterocycles.